The lowest BCUT2D eigenvalue weighted by Gasteiger charge is -2.15. The normalized spacial score (nSPS) is 11.6. The number of hydrogen-bond donors (Lipinski definition) is 2. The highest BCUT2D eigenvalue weighted by Crippen LogP contribution is 2.27. The molecule has 0 spiro atoms. The van der Waals surface area contributed by atoms with Crippen molar-refractivity contribution < 1.29 is 14.3 Å². The summed E-state index contributed by atoms with van der Waals surface area (Å²) in [6.07, 6.45) is -0.561. The molecule has 0 radical (unpaired) electrons. The number of ether oxygens (including phenoxy) is 2. The van der Waals surface area contributed by atoms with Crippen LogP contribution in [0.2, 0.25) is 0 Å². The summed E-state index contributed by atoms with van der Waals surface area (Å²) in [5.74, 6) is -0.231. The van der Waals surface area contributed by atoms with Crippen molar-refractivity contribution in [1.82, 2.24) is 0 Å². The largest absolute Gasteiger partial charge is 0.397 e. The Morgan fingerprint density at radius 1 is 1.43 bits per heavy atom. The van der Waals surface area contributed by atoms with E-state index in [0.717, 1.165) is 10.0 Å². The Labute approximate surface area is 140 Å². The lowest BCUT2D eigenvalue weighted by Crippen LogP contribution is -2.29. The molecule has 0 aliphatic heterocycles. The molecule has 1 aromatic carbocycles. The molecule has 0 fully saturated rings. The molecular formula is C14H22BrClN2O3. The van der Waals surface area contributed by atoms with E-state index in [9.17, 15) is 4.79 Å². The number of carbonyl (C=O) groups excluding carboxylic acids is 1. The first-order valence-electron chi connectivity index (χ1n) is 6.51. The summed E-state index contributed by atoms with van der Waals surface area (Å²) >= 11 is 3.38. The molecule has 0 aromatic heterocycles. The zero-order valence-electron chi connectivity index (χ0n) is 12.4. The van der Waals surface area contributed by atoms with Crippen molar-refractivity contribution >= 4 is 45.6 Å². The van der Waals surface area contributed by atoms with Gasteiger partial charge in [0.25, 0.3) is 5.91 Å². The molecule has 3 N–H and O–H groups in total. The molecule has 0 heterocycles. The quantitative estimate of drug-likeness (QED) is 0.562. The fourth-order valence-corrected chi connectivity index (χ4v) is 2.17. The van der Waals surface area contributed by atoms with E-state index < -0.39 is 6.10 Å². The first-order chi connectivity index (χ1) is 9.45. The van der Waals surface area contributed by atoms with E-state index in [1.54, 1.807) is 13.0 Å². The summed E-state index contributed by atoms with van der Waals surface area (Å²) in [5, 5.41) is 2.77. The van der Waals surface area contributed by atoms with Crippen molar-refractivity contribution in [2.24, 2.45) is 0 Å². The molecule has 7 heteroatoms. The average Bonchev–Trinajstić information content (AvgIpc) is 2.40. The summed E-state index contributed by atoms with van der Waals surface area (Å²) in [6, 6.07) is 3.67. The summed E-state index contributed by atoms with van der Waals surface area (Å²) in [4.78, 5) is 12.0. The van der Waals surface area contributed by atoms with Crippen molar-refractivity contribution in [3.63, 3.8) is 0 Å². The summed E-state index contributed by atoms with van der Waals surface area (Å²) < 4.78 is 11.4. The predicted molar refractivity (Wildman–Crippen MR) is 91.1 cm³/mol. The van der Waals surface area contributed by atoms with Gasteiger partial charge in [0.1, 0.15) is 6.10 Å². The van der Waals surface area contributed by atoms with Crippen LogP contribution in [0.4, 0.5) is 11.4 Å². The van der Waals surface area contributed by atoms with Crippen LogP contribution in [0.25, 0.3) is 0 Å². The minimum atomic E-state index is -0.561. The summed E-state index contributed by atoms with van der Waals surface area (Å²) in [6.45, 7) is 6.99. The van der Waals surface area contributed by atoms with E-state index in [1.165, 1.54) is 0 Å². The monoisotopic (exact) mass is 380 g/mol. The van der Waals surface area contributed by atoms with Crippen LogP contribution in [-0.2, 0) is 14.3 Å². The molecule has 0 aliphatic carbocycles. The number of carbonyl (C=O) groups is 1. The number of nitrogen functional groups attached to an aromatic ring is 1. The molecule has 0 saturated heterocycles. The van der Waals surface area contributed by atoms with Gasteiger partial charge in [0.2, 0.25) is 0 Å². The van der Waals surface area contributed by atoms with Gasteiger partial charge in [-0.2, -0.15) is 0 Å². The molecule has 1 rings (SSSR count). The average molecular weight is 382 g/mol. The van der Waals surface area contributed by atoms with Gasteiger partial charge < -0.3 is 20.5 Å². The van der Waals surface area contributed by atoms with Gasteiger partial charge in [-0.15, -0.1) is 12.4 Å². The molecule has 120 valence electrons. The molecule has 1 aromatic rings. The van der Waals surface area contributed by atoms with Gasteiger partial charge in [0, 0.05) is 11.1 Å². The van der Waals surface area contributed by atoms with E-state index in [-0.39, 0.29) is 18.3 Å². The Balaban J connectivity index is 0.00000400. The van der Waals surface area contributed by atoms with Crippen LogP contribution in [0.3, 0.4) is 0 Å². The second-order valence-electron chi connectivity index (χ2n) is 4.38. The number of nitrogens with one attached hydrogen (secondary N) is 1. The van der Waals surface area contributed by atoms with E-state index in [2.05, 4.69) is 21.2 Å². The minimum absolute atomic E-state index is 0. The van der Waals surface area contributed by atoms with Crippen molar-refractivity contribution in [2.45, 2.75) is 26.9 Å². The highest BCUT2D eigenvalue weighted by molar-refractivity contribution is 9.10. The highest BCUT2D eigenvalue weighted by Gasteiger charge is 2.15. The zero-order chi connectivity index (χ0) is 15.1. The van der Waals surface area contributed by atoms with Gasteiger partial charge in [-0.1, -0.05) is 15.9 Å². The number of halogens is 2. The third-order valence-corrected chi connectivity index (χ3v) is 3.24. The smallest absolute Gasteiger partial charge is 0.253 e. The van der Waals surface area contributed by atoms with Crippen LogP contribution in [0, 0.1) is 6.92 Å². The van der Waals surface area contributed by atoms with E-state index in [1.807, 2.05) is 19.9 Å². The lowest BCUT2D eigenvalue weighted by molar-refractivity contribution is -0.127. The van der Waals surface area contributed by atoms with Gasteiger partial charge in [0.05, 0.1) is 24.6 Å². The molecule has 0 aliphatic rings. The van der Waals surface area contributed by atoms with Crippen LogP contribution in [-0.4, -0.2) is 31.8 Å². The van der Waals surface area contributed by atoms with E-state index in [0.29, 0.717) is 31.2 Å². The van der Waals surface area contributed by atoms with Crippen LogP contribution in [0.5, 0.6) is 0 Å². The predicted octanol–water partition coefficient (Wildman–Crippen LogP) is 3.14. The van der Waals surface area contributed by atoms with Crippen LogP contribution < -0.4 is 11.1 Å². The van der Waals surface area contributed by atoms with Crippen molar-refractivity contribution in [3.05, 3.63) is 22.2 Å². The first-order valence-corrected chi connectivity index (χ1v) is 7.30. The third kappa shape index (κ3) is 6.65. The number of hydrogen-bond acceptors (Lipinski definition) is 4. The van der Waals surface area contributed by atoms with Crippen LogP contribution >= 0.6 is 28.3 Å². The van der Waals surface area contributed by atoms with Crippen LogP contribution in [0.15, 0.2) is 16.6 Å². The molecule has 1 atom stereocenters. The van der Waals surface area contributed by atoms with Gasteiger partial charge in [-0.25, -0.2) is 0 Å². The number of anilines is 2. The fraction of sp³-hybridized carbons (Fsp3) is 0.500. The van der Waals surface area contributed by atoms with Gasteiger partial charge >= 0.3 is 0 Å². The van der Waals surface area contributed by atoms with Gasteiger partial charge in [0.15, 0.2) is 0 Å². The number of benzene rings is 1. The Kier molecular flexibility index (Phi) is 9.61. The van der Waals surface area contributed by atoms with Crippen molar-refractivity contribution in [3.8, 4) is 0 Å². The maximum Gasteiger partial charge on any atom is 0.253 e. The number of aryl methyl sites for hydroxylation is 1. The molecule has 0 bridgehead atoms. The molecule has 21 heavy (non-hydrogen) atoms. The molecular weight excluding hydrogens is 360 g/mol. The van der Waals surface area contributed by atoms with Gasteiger partial charge in [-0.3, -0.25) is 4.79 Å². The molecule has 1 amide bonds. The number of nitrogens with two attached hydrogens (primary N) is 1. The number of amides is 1. The van der Waals surface area contributed by atoms with Crippen molar-refractivity contribution in [2.75, 3.05) is 30.9 Å². The molecule has 1 unspecified atom stereocenters. The Bertz CT molecular complexity index is 472. The third-order valence-electron chi connectivity index (χ3n) is 2.78. The Morgan fingerprint density at radius 2 is 2.10 bits per heavy atom. The second kappa shape index (κ2) is 10.00. The van der Waals surface area contributed by atoms with Crippen LogP contribution in [0.1, 0.15) is 19.4 Å². The maximum atomic E-state index is 12.0. The first kappa shape index (κ1) is 20.2. The second-order valence-corrected chi connectivity index (χ2v) is 5.30. The minimum Gasteiger partial charge on any atom is -0.397 e. The highest BCUT2D eigenvalue weighted by atomic mass is 79.9. The topological polar surface area (TPSA) is 73.6 Å². The Hall–Kier alpha value is -0.820. The lowest BCUT2D eigenvalue weighted by atomic mass is 10.1. The molecule has 5 nitrogen and oxygen atoms in total. The van der Waals surface area contributed by atoms with E-state index in [4.69, 9.17) is 15.2 Å². The fourth-order valence-electron chi connectivity index (χ4n) is 1.60. The maximum absolute atomic E-state index is 12.0. The van der Waals surface area contributed by atoms with E-state index >= 15 is 0 Å². The summed E-state index contributed by atoms with van der Waals surface area (Å²) in [7, 11) is 0. The molecule has 0 saturated carbocycles. The standard InChI is InChI=1S/C14H21BrN2O3.ClH/c1-4-19-5-6-20-10(3)14(18)17-12-8-11(15)7-9(2)13(12)16;/h7-8,10H,4-6,16H2,1-3H3,(H,17,18);1H. The number of rotatable bonds is 7. The zero-order valence-corrected chi connectivity index (χ0v) is 14.8. The summed E-state index contributed by atoms with van der Waals surface area (Å²) in [5.41, 5.74) is 7.99. The van der Waals surface area contributed by atoms with Gasteiger partial charge in [-0.05, 0) is 38.5 Å². The SMILES string of the molecule is CCOCCOC(C)C(=O)Nc1cc(Br)cc(C)c1N.Cl. The Morgan fingerprint density at radius 3 is 2.71 bits per heavy atom. The van der Waals surface area contributed by atoms with Crippen molar-refractivity contribution in [1.29, 1.82) is 0 Å².